The minimum atomic E-state index is 0. The van der Waals surface area contributed by atoms with Gasteiger partial charge in [0.05, 0.1) is 6.20 Å². The first-order valence-corrected chi connectivity index (χ1v) is 8.70. The van der Waals surface area contributed by atoms with Crippen molar-refractivity contribution in [3.05, 3.63) is 95.9 Å². The molecule has 0 spiro atoms. The average Bonchev–Trinajstić information content (AvgIpc) is 2.68. The van der Waals surface area contributed by atoms with Crippen LogP contribution in [0.5, 0.6) is 0 Å². The first-order valence-electron chi connectivity index (χ1n) is 8.32. The molecular weight excluding hydrogens is 424 g/mol. The summed E-state index contributed by atoms with van der Waals surface area (Å²) >= 11 is 6.03. The van der Waals surface area contributed by atoms with Crippen LogP contribution in [0.2, 0.25) is 5.02 Å². The van der Waals surface area contributed by atoms with Crippen molar-refractivity contribution < 1.29 is 9.36 Å². The number of Topliss-reactive ketones (excluding diaryl/α,β-unsaturated/α-hetero) is 1. The van der Waals surface area contributed by atoms with Gasteiger partial charge in [0.1, 0.15) is 0 Å². The maximum atomic E-state index is 12.6. The Kier molecular flexibility index (Phi) is 5.99. The molecule has 0 amide bonds. The maximum Gasteiger partial charge on any atom is 0.287 e. The molecular formula is C22H17BrClN2O+. The van der Waals surface area contributed by atoms with Crippen molar-refractivity contribution >= 4 is 45.1 Å². The first kappa shape index (κ1) is 19.2. The molecule has 0 N–H and O–H groups in total. The van der Waals surface area contributed by atoms with E-state index in [4.69, 9.17) is 11.6 Å². The lowest BCUT2D eigenvalue weighted by molar-refractivity contribution is -0.686. The largest absolute Gasteiger partial charge is 0.290 e. The number of fused-ring (bicyclic) bond motifs is 1. The van der Waals surface area contributed by atoms with Gasteiger partial charge in [-0.3, -0.25) is 4.79 Å². The van der Waals surface area contributed by atoms with E-state index >= 15 is 0 Å². The molecule has 1 aromatic heterocycles. The molecule has 0 bridgehead atoms. The summed E-state index contributed by atoms with van der Waals surface area (Å²) in [5, 5.41) is 2.87. The summed E-state index contributed by atoms with van der Waals surface area (Å²) in [5.74, 6) is 0.0538. The Morgan fingerprint density at radius 1 is 0.926 bits per heavy atom. The molecule has 0 saturated carbocycles. The molecule has 0 aliphatic heterocycles. The molecule has 4 rings (SSSR count). The first-order chi connectivity index (χ1) is 12.7. The van der Waals surface area contributed by atoms with Crippen LogP contribution in [0.4, 0.5) is 0 Å². The number of benzene rings is 3. The van der Waals surface area contributed by atoms with Crippen molar-refractivity contribution in [2.75, 3.05) is 0 Å². The Hall–Kier alpha value is -2.56. The number of rotatable bonds is 4. The molecule has 0 atom stereocenters. The van der Waals surface area contributed by atoms with Crippen molar-refractivity contribution in [2.45, 2.75) is 6.54 Å². The summed E-state index contributed by atoms with van der Waals surface area (Å²) < 4.78 is 1.78. The topological polar surface area (TPSA) is 33.8 Å². The van der Waals surface area contributed by atoms with E-state index in [-0.39, 0.29) is 29.3 Å². The van der Waals surface area contributed by atoms with Crippen molar-refractivity contribution in [1.29, 1.82) is 0 Å². The fourth-order valence-electron chi connectivity index (χ4n) is 2.92. The van der Waals surface area contributed by atoms with Crippen LogP contribution in [0, 0.1) is 0 Å². The summed E-state index contributed by atoms with van der Waals surface area (Å²) in [5.41, 5.74) is 2.47. The molecule has 3 aromatic carbocycles. The van der Waals surface area contributed by atoms with Gasteiger partial charge in [0.15, 0.2) is 12.2 Å². The average molecular weight is 441 g/mol. The molecule has 1 heterocycles. The molecule has 0 unspecified atom stereocenters. The van der Waals surface area contributed by atoms with Crippen LogP contribution in [-0.4, -0.2) is 10.8 Å². The third-order valence-electron chi connectivity index (χ3n) is 4.29. The number of halogens is 2. The second-order valence-electron chi connectivity index (χ2n) is 6.11. The number of hydrogen-bond donors (Lipinski definition) is 0. The molecule has 0 radical (unpaired) electrons. The zero-order valence-corrected chi connectivity index (χ0v) is 16.8. The van der Waals surface area contributed by atoms with E-state index in [0.717, 1.165) is 22.0 Å². The van der Waals surface area contributed by atoms with Gasteiger partial charge in [0, 0.05) is 22.2 Å². The van der Waals surface area contributed by atoms with Crippen LogP contribution >= 0.6 is 28.6 Å². The molecule has 0 aliphatic carbocycles. The second-order valence-corrected chi connectivity index (χ2v) is 6.55. The van der Waals surface area contributed by atoms with Gasteiger partial charge in [-0.2, -0.15) is 0 Å². The van der Waals surface area contributed by atoms with Gasteiger partial charge < -0.3 is 0 Å². The van der Waals surface area contributed by atoms with Gasteiger partial charge in [-0.05, 0) is 34.0 Å². The second kappa shape index (κ2) is 8.42. The SMILES string of the molecule is Br.O=C(C[n+]1ccc(-c2cccc(Cl)c2)nc1)c1ccc2ccccc2c1. The number of ketones is 1. The van der Waals surface area contributed by atoms with Crippen LogP contribution in [0.15, 0.2) is 85.3 Å². The third-order valence-corrected chi connectivity index (χ3v) is 4.52. The summed E-state index contributed by atoms with van der Waals surface area (Å²) in [6.45, 7) is 0.251. The Labute approximate surface area is 173 Å². The van der Waals surface area contributed by atoms with Crippen molar-refractivity contribution in [2.24, 2.45) is 0 Å². The molecule has 134 valence electrons. The molecule has 27 heavy (non-hydrogen) atoms. The van der Waals surface area contributed by atoms with E-state index in [1.165, 1.54) is 0 Å². The van der Waals surface area contributed by atoms with Crippen LogP contribution in [0.25, 0.3) is 22.0 Å². The summed E-state index contributed by atoms with van der Waals surface area (Å²) in [6, 6.07) is 23.2. The van der Waals surface area contributed by atoms with Gasteiger partial charge >= 0.3 is 0 Å². The Balaban J connectivity index is 0.00000210. The van der Waals surface area contributed by atoms with Crippen LogP contribution in [-0.2, 0) is 6.54 Å². The summed E-state index contributed by atoms with van der Waals surface area (Å²) in [4.78, 5) is 17.0. The molecule has 0 saturated heterocycles. The fourth-order valence-corrected chi connectivity index (χ4v) is 3.11. The quantitative estimate of drug-likeness (QED) is 0.318. The van der Waals surface area contributed by atoms with Gasteiger partial charge in [-0.25, -0.2) is 4.57 Å². The Bertz CT molecular complexity index is 1100. The van der Waals surface area contributed by atoms with Gasteiger partial charge in [-0.15, -0.1) is 17.0 Å². The highest BCUT2D eigenvalue weighted by atomic mass is 79.9. The predicted molar refractivity (Wildman–Crippen MR) is 113 cm³/mol. The van der Waals surface area contributed by atoms with Crippen LogP contribution < -0.4 is 4.57 Å². The van der Waals surface area contributed by atoms with E-state index in [1.54, 1.807) is 10.9 Å². The summed E-state index contributed by atoms with van der Waals surface area (Å²) in [7, 11) is 0. The van der Waals surface area contributed by atoms with Crippen molar-refractivity contribution in [3.8, 4) is 11.3 Å². The highest BCUT2D eigenvalue weighted by molar-refractivity contribution is 8.93. The molecule has 4 aromatic rings. The number of hydrogen-bond acceptors (Lipinski definition) is 2. The van der Waals surface area contributed by atoms with E-state index in [9.17, 15) is 4.79 Å². The Morgan fingerprint density at radius 2 is 1.74 bits per heavy atom. The monoisotopic (exact) mass is 439 g/mol. The predicted octanol–water partition coefficient (Wildman–Crippen LogP) is 5.30. The zero-order chi connectivity index (χ0) is 17.9. The van der Waals surface area contributed by atoms with E-state index in [0.29, 0.717) is 10.6 Å². The minimum Gasteiger partial charge on any atom is -0.290 e. The minimum absolute atomic E-state index is 0. The highest BCUT2D eigenvalue weighted by Crippen LogP contribution is 2.20. The third kappa shape index (κ3) is 4.41. The lowest BCUT2D eigenvalue weighted by Crippen LogP contribution is -2.37. The Morgan fingerprint density at radius 3 is 2.48 bits per heavy atom. The van der Waals surface area contributed by atoms with Gasteiger partial charge in [0.25, 0.3) is 6.33 Å². The normalized spacial score (nSPS) is 10.4. The smallest absolute Gasteiger partial charge is 0.287 e. The number of aromatic nitrogens is 2. The van der Waals surface area contributed by atoms with E-state index in [1.807, 2.05) is 79.0 Å². The van der Waals surface area contributed by atoms with Crippen molar-refractivity contribution in [1.82, 2.24) is 4.98 Å². The highest BCUT2D eigenvalue weighted by Gasteiger charge is 2.12. The van der Waals surface area contributed by atoms with Crippen LogP contribution in [0.1, 0.15) is 10.4 Å². The zero-order valence-electron chi connectivity index (χ0n) is 14.4. The lowest BCUT2D eigenvalue weighted by Gasteiger charge is -2.03. The van der Waals surface area contributed by atoms with Gasteiger partial charge in [0.2, 0.25) is 5.78 Å². The number of nitrogens with zero attached hydrogens (tertiary/aromatic N) is 2. The van der Waals surface area contributed by atoms with Crippen LogP contribution in [0.3, 0.4) is 0 Å². The number of carbonyl (C=O) groups excluding carboxylic acids is 1. The van der Waals surface area contributed by atoms with E-state index < -0.39 is 0 Å². The number of carbonyl (C=O) groups is 1. The molecule has 0 aliphatic rings. The molecule has 5 heteroatoms. The maximum absolute atomic E-state index is 12.6. The standard InChI is InChI=1S/C22H16ClN2O.BrH/c23-20-7-3-6-18(13-20)21-10-11-25(15-24-21)14-22(26)19-9-8-16-4-1-2-5-17(16)12-19;/h1-13,15H,14H2;1H/q+1;. The van der Waals surface area contributed by atoms with E-state index in [2.05, 4.69) is 4.98 Å². The van der Waals surface area contributed by atoms with Crippen molar-refractivity contribution in [3.63, 3.8) is 0 Å². The van der Waals surface area contributed by atoms with Gasteiger partial charge in [-0.1, -0.05) is 60.1 Å². The lowest BCUT2D eigenvalue weighted by atomic mass is 10.0. The molecule has 3 nitrogen and oxygen atoms in total. The fraction of sp³-hybridized carbons (Fsp3) is 0.0455. The molecule has 0 fully saturated rings. The summed E-state index contributed by atoms with van der Waals surface area (Å²) in [6.07, 6.45) is 3.54.